The first kappa shape index (κ1) is 20.6. The highest BCUT2D eigenvalue weighted by Crippen LogP contribution is 2.30. The number of amides is 1. The number of anilines is 1. The Kier molecular flexibility index (Phi) is 5.27. The number of oxazole rings is 1. The number of benzene rings is 2. The van der Waals surface area contributed by atoms with Crippen molar-refractivity contribution in [3.63, 3.8) is 0 Å². The average molecular weight is 468 g/mol. The smallest absolute Gasteiger partial charge is 0.254 e. The molecule has 0 saturated carbocycles. The van der Waals surface area contributed by atoms with Crippen LogP contribution in [0.1, 0.15) is 10.4 Å². The lowest BCUT2D eigenvalue weighted by Gasteiger charge is -2.35. The fourth-order valence-corrected chi connectivity index (χ4v) is 5.04. The predicted molar refractivity (Wildman–Crippen MR) is 133 cm³/mol. The molecule has 5 aromatic rings. The van der Waals surface area contributed by atoms with Crippen LogP contribution in [0, 0.1) is 0 Å². The number of rotatable bonds is 4. The Morgan fingerprint density at radius 3 is 2.53 bits per heavy atom. The second-order valence-electron chi connectivity index (χ2n) is 8.06. The Morgan fingerprint density at radius 1 is 0.882 bits per heavy atom. The summed E-state index contributed by atoms with van der Waals surface area (Å²) in [6, 6.07) is 19.4. The van der Waals surface area contributed by atoms with E-state index < -0.39 is 0 Å². The summed E-state index contributed by atoms with van der Waals surface area (Å²) >= 11 is 1.61. The molecule has 8 heteroatoms. The highest BCUT2D eigenvalue weighted by Gasteiger charge is 2.26. The van der Waals surface area contributed by atoms with Gasteiger partial charge in [-0.25, -0.2) is 15.0 Å². The van der Waals surface area contributed by atoms with Crippen LogP contribution in [0.5, 0.6) is 0 Å². The van der Waals surface area contributed by atoms with E-state index in [9.17, 15) is 4.79 Å². The van der Waals surface area contributed by atoms with E-state index in [4.69, 9.17) is 4.42 Å². The van der Waals surface area contributed by atoms with E-state index in [-0.39, 0.29) is 5.91 Å². The molecule has 1 saturated heterocycles. The maximum Gasteiger partial charge on any atom is 0.254 e. The fourth-order valence-electron chi connectivity index (χ4n) is 4.31. The van der Waals surface area contributed by atoms with Gasteiger partial charge in [-0.05, 0) is 23.6 Å². The maximum absolute atomic E-state index is 13.5. The zero-order valence-electron chi connectivity index (χ0n) is 18.3. The summed E-state index contributed by atoms with van der Waals surface area (Å²) < 4.78 is 6.04. The molecule has 7 nitrogen and oxygen atoms in total. The Balaban J connectivity index is 1.22. The molecule has 6 rings (SSSR count). The van der Waals surface area contributed by atoms with Gasteiger partial charge in [-0.15, -0.1) is 11.3 Å². The van der Waals surface area contributed by atoms with E-state index in [1.807, 2.05) is 64.9 Å². The summed E-state index contributed by atoms with van der Waals surface area (Å²) in [6.45, 7) is 2.66. The first-order chi connectivity index (χ1) is 16.8. The lowest BCUT2D eigenvalue weighted by molar-refractivity contribution is 0.0747. The molecule has 0 bridgehead atoms. The zero-order chi connectivity index (χ0) is 22.9. The van der Waals surface area contributed by atoms with Gasteiger partial charge in [0.15, 0.2) is 5.76 Å². The average Bonchev–Trinajstić information content (AvgIpc) is 3.59. The molecular formula is C26H21N5O2S. The molecule has 168 valence electrons. The van der Waals surface area contributed by atoms with E-state index in [1.165, 1.54) is 0 Å². The quantitative estimate of drug-likeness (QED) is 0.371. The number of carbonyl (C=O) groups excluding carboxylic acids is 1. The van der Waals surface area contributed by atoms with E-state index in [1.54, 1.807) is 23.9 Å². The normalized spacial score (nSPS) is 14.0. The SMILES string of the molecule is O=C(c1ccccc1-c1ncc(-c2ccccc2)o1)N1CCN(c2ncnc3sccc23)CC1. The summed E-state index contributed by atoms with van der Waals surface area (Å²) in [7, 11) is 0. The van der Waals surface area contributed by atoms with Crippen LogP contribution in [0.15, 0.2) is 83.0 Å². The summed E-state index contributed by atoms with van der Waals surface area (Å²) in [5.74, 6) is 2.04. The highest BCUT2D eigenvalue weighted by molar-refractivity contribution is 7.16. The van der Waals surface area contributed by atoms with Gasteiger partial charge in [0.25, 0.3) is 5.91 Å². The molecule has 0 unspecified atom stereocenters. The van der Waals surface area contributed by atoms with Gasteiger partial charge in [-0.1, -0.05) is 42.5 Å². The Bertz CT molecular complexity index is 1450. The second kappa shape index (κ2) is 8.72. The number of carbonyl (C=O) groups is 1. The third-order valence-corrected chi connectivity index (χ3v) is 6.88. The van der Waals surface area contributed by atoms with Gasteiger partial charge in [0.05, 0.1) is 17.1 Å². The van der Waals surface area contributed by atoms with Gasteiger partial charge in [-0.2, -0.15) is 0 Å². The maximum atomic E-state index is 13.5. The van der Waals surface area contributed by atoms with E-state index in [2.05, 4.69) is 25.9 Å². The standard InChI is InChI=1S/C26H21N5O2S/c32-26(31-13-11-30(12-14-31)23-21-10-15-34-25(21)29-17-28-23)20-9-5-4-8-19(20)24-27-16-22(33-24)18-6-2-1-3-7-18/h1-10,15-17H,11-14H2. The summed E-state index contributed by atoms with van der Waals surface area (Å²) in [4.78, 5) is 31.9. The zero-order valence-corrected chi connectivity index (χ0v) is 19.1. The van der Waals surface area contributed by atoms with Crippen molar-refractivity contribution in [3.05, 3.63) is 84.1 Å². The number of hydrogen-bond donors (Lipinski definition) is 0. The molecule has 0 aliphatic carbocycles. The van der Waals surface area contributed by atoms with Crippen LogP contribution in [0.2, 0.25) is 0 Å². The van der Waals surface area contributed by atoms with Crippen molar-refractivity contribution in [3.8, 4) is 22.8 Å². The molecule has 3 aromatic heterocycles. The molecule has 1 aliphatic heterocycles. The molecule has 4 heterocycles. The molecule has 0 radical (unpaired) electrons. The van der Waals surface area contributed by atoms with Gasteiger partial charge in [-0.3, -0.25) is 4.79 Å². The third kappa shape index (κ3) is 3.72. The molecule has 0 spiro atoms. The van der Waals surface area contributed by atoms with Gasteiger partial charge < -0.3 is 14.2 Å². The van der Waals surface area contributed by atoms with Crippen LogP contribution in [0.3, 0.4) is 0 Å². The summed E-state index contributed by atoms with van der Waals surface area (Å²) in [5, 5.41) is 3.10. The predicted octanol–water partition coefficient (Wildman–Crippen LogP) is 4.98. The van der Waals surface area contributed by atoms with Crippen molar-refractivity contribution in [2.75, 3.05) is 31.1 Å². The first-order valence-corrected chi connectivity index (χ1v) is 12.0. The lowest BCUT2D eigenvalue weighted by Crippen LogP contribution is -2.49. The number of aromatic nitrogens is 3. The number of thiophene rings is 1. The molecule has 0 atom stereocenters. The minimum absolute atomic E-state index is 0.0157. The Morgan fingerprint density at radius 2 is 1.68 bits per heavy atom. The van der Waals surface area contributed by atoms with Gasteiger partial charge in [0.1, 0.15) is 17.0 Å². The van der Waals surface area contributed by atoms with Gasteiger partial charge in [0, 0.05) is 37.3 Å². The van der Waals surface area contributed by atoms with Crippen LogP contribution < -0.4 is 4.90 Å². The van der Waals surface area contributed by atoms with E-state index in [0.717, 1.165) is 21.6 Å². The van der Waals surface area contributed by atoms with Crippen molar-refractivity contribution < 1.29 is 9.21 Å². The molecule has 0 N–H and O–H groups in total. The molecule has 1 aliphatic rings. The number of hydrogen-bond acceptors (Lipinski definition) is 7. The molecule has 34 heavy (non-hydrogen) atoms. The van der Waals surface area contributed by atoms with Crippen molar-refractivity contribution in [2.24, 2.45) is 0 Å². The first-order valence-electron chi connectivity index (χ1n) is 11.1. The Labute approximate surface area is 200 Å². The van der Waals surface area contributed by atoms with Crippen molar-refractivity contribution in [1.29, 1.82) is 0 Å². The largest absolute Gasteiger partial charge is 0.436 e. The van der Waals surface area contributed by atoms with Crippen molar-refractivity contribution >= 4 is 33.3 Å². The summed E-state index contributed by atoms with van der Waals surface area (Å²) in [5.41, 5.74) is 2.25. The molecule has 1 amide bonds. The van der Waals surface area contributed by atoms with E-state index >= 15 is 0 Å². The third-order valence-electron chi connectivity index (χ3n) is 6.06. The monoisotopic (exact) mass is 467 g/mol. The van der Waals surface area contributed by atoms with Gasteiger partial charge in [0.2, 0.25) is 5.89 Å². The number of piperazine rings is 1. The van der Waals surface area contributed by atoms with Crippen molar-refractivity contribution in [2.45, 2.75) is 0 Å². The fraction of sp³-hybridized carbons (Fsp3) is 0.154. The van der Waals surface area contributed by atoms with Crippen LogP contribution in [-0.4, -0.2) is 51.9 Å². The van der Waals surface area contributed by atoms with Crippen LogP contribution in [0.25, 0.3) is 33.0 Å². The second-order valence-corrected chi connectivity index (χ2v) is 8.95. The molecule has 1 fully saturated rings. The van der Waals surface area contributed by atoms with Crippen molar-refractivity contribution in [1.82, 2.24) is 19.9 Å². The highest BCUT2D eigenvalue weighted by atomic mass is 32.1. The van der Waals surface area contributed by atoms with Crippen LogP contribution in [0.4, 0.5) is 5.82 Å². The Hall–Kier alpha value is -4.04. The van der Waals surface area contributed by atoms with Gasteiger partial charge >= 0.3 is 0 Å². The minimum Gasteiger partial charge on any atom is -0.436 e. The number of fused-ring (bicyclic) bond motifs is 1. The van der Waals surface area contributed by atoms with Crippen LogP contribution >= 0.6 is 11.3 Å². The molecule has 2 aromatic carbocycles. The minimum atomic E-state index is -0.0157. The summed E-state index contributed by atoms with van der Waals surface area (Å²) in [6.07, 6.45) is 3.32. The number of nitrogens with zero attached hydrogens (tertiary/aromatic N) is 5. The van der Waals surface area contributed by atoms with Crippen LogP contribution in [-0.2, 0) is 0 Å². The molecular weight excluding hydrogens is 446 g/mol. The topological polar surface area (TPSA) is 75.4 Å². The lowest BCUT2D eigenvalue weighted by atomic mass is 10.1. The van der Waals surface area contributed by atoms with E-state index in [0.29, 0.717) is 49.0 Å².